The highest BCUT2D eigenvalue weighted by Crippen LogP contribution is 2.26. The van der Waals surface area contributed by atoms with Crippen molar-refractivity contribution in [1.82, 2.24) is 14.9 Å². The maximum Gasteiger partial charge on any atom is 0.265 e. The standard InChI is InChI=1S/C16H21N3O3S/c1-4-7-12-15(23-19-18-12)16(20)17-10-14(22-3)11-8-5-6-9-13(11)21-2/h5-6,8-9,14H,4,7,10H2,1-3H3,(H,17,20). The van der Waals surface area contributed by atoms with E-state index < -0.39 is 0 Å². The van der Waals surface area contributed by atoms with E-state index in [9.17, 15) is 4.79 Å². The van der Waals surface area contributed by atoms with E-state index in [-0.39, 0.29) is 12.0 Å². The van der Waals surface area contributed by atoms with Gasteiger partial charge in [0.05, 0.1) is 12.8 Å². The van der Waals surface area contributed by atoms with Gasteiger partial charge < -0.3 is 14.8 Å². The molecule has 1 aromatic carbocycles. The van der Waals surface area contributed by atoms with Crippen molar-refractivity contribution in [2.75, 3.05) is 20.8 Å². The lowest BCUT2D eigenvalue weighted by molar-refractivity contribution is 0.0821. The maximum atomic E-state index is 12.3. The van der Waals surface area contributed by atoms with Crippen molar-refractivity contribution in [1.29, 1.82) is 0 Å². The molecule has 124 valence electrons. The van der Waals surface area contributed by atoms with Crippen LogP contribution in [-0.2, 0) is 11.2 Å². The number of hydrogen-bond donors (Lipinski definition) is 1. The highest BCUT2D eigenvalue weighted by Gasteiger charge is 2.19. The molecular formula is C16H21N3O3S. The van der Waals surface area contributed by atoms with Gasteiger partial charge in [-0.1, -0.05) is 36.0 Å². The van der Waals surface area contributed by atoms with Crippen LogP contribution in [0.25, 0.3) is 0 Å². The third-order valence-electron chi connectivity index (χ3n) is 3.47. The Kier molecular flexibility index (Phi) is 6.49. The zero-order chi connectivity index (χ0) is 16.7. The van der Waals surface area contributed by atoms with E-state index in [1.807, 2.05) is 31.2 Å². The Bertz CT molecular complexity index is 645. The van der Waals surface area contributed by atoms with Gasteiger partial charge in [-0.2, -0.15) is 0 Å². The summed E-state index contributed by atoms with van der Waals surface area (Å²) in [4.78, 5) is 12.9. The first-order valence-electron chi connectivity index (χ1n) is 7.46. The molecule has 0 aliphatic heterocycles. The fourth-order valence-electron chi connectivity index (χ4n) is 2.30. The van der Waals surface area contributed by atoms with Gasteiger partial charge >= 0.3 is 0 Å². The quantitative estimate of drug-likeness (QED) is 0.803. The second-order valence-electron chi connectivity index (χ2n) is 4.98. The molecule has 1 N–H and O–H groups in total. The van der Waals surface area contributed by atoms with Crippen LogP contribution in [0.2, 0.25) is 0 Å². The number of aromatic nitrogens is 2. The lowest BCUT2D eigenvalue weighted by Crippen LogP contribution is -2.29. The zero-order valence-corrected chi connectivity index (χ0v) is 14.4. The minimum Gasteiger partial charge on any atom is -0.496 e. The molecule has 0 aliphatic carbocycles. The van der Waals surface area contributed by atoms with Crippen molar-refractivity contribution in [3.05, 3.63) is 40.4 Å². The molecule has 2 rings (SSSR count). The van der Waals surface area contributed by atoms with Crippen LogP contribution in [0.5, 0.6) is 5.75 Å². The van der Waals surface area contributed by atoms with Crippen molar-refractivity contribution in [2.45, 2.75) is 25.9 Å². The zero-order valence-electron chi connectivity index (χ0n) is 13.5. The number of rotatable bonds is 8. The molecule has 1 unspecified atom stereocenters. The molecule has 0 radical (unpaired) electrons. The van der Waals surface area contributed by atoms with Crippen LogP contribution in [0, 0.1) is 0 Å². The Morgan fingerprint density at radius 1 is 1.35 bits per heavy atom. The number of nitrogens with zero attached hydrogens (tertiary/aromatic N) is 2. The van der Waals surface area contributed by atoms with E-state index in [1.54, 1.807) is 14.2 Å². The first-order chi connectivity index (χ1) is 11.2. The maximum absolute atomic E-state index is 12.3. The molecule has 2 aromatic rings. The number of aryl methyl sites for hydroxylation is 1. The lowest BCUT2D eigenvalue weighted by atomic mass is 10.1. The molecule has 0 saturated heterocycles. The highest BCUT2D eigenvalue weighted by molar-refractivity contribution is 7.08. The molecule has 1 heterocycles. The highest BCUT2D eigenvalue weighted by atomic mass is 32.1. The minimum absolute atomic E-state index is 0.166. The Hall–Kier alpha value is -1.99. The summed E-state index contributed by atoms with van der Waals surface area (Å²) < 4.78 is 14.7. The Morgan fingerprint density at radius 2 is 2.13 bits per heavy atom. The Morgan fingerprint density at radius 3 is 2.83 bits per heavy atom. The number of ether oxygens (including phenoxy) is 2. The largest absolute Gasteiger partial charge is 0.496 e. The van der Waals surface area contributed by atoms with Gasteiger partial charge in [0.15, 0.2) is 0 Å². The second kappa shape index (κ2) is 8.59. The topological polar surface area (TPSA) is 73.3 Å². The summed E-state index contributed by atoms with van der Waals surface area (Å²) in [5.41, 5.74) is 1.65. The molecule has 0 bridgehead atoms. The number of amides is 1. The van der Waals surface area contributed by atoms with Gasteiger partial charge in [-0.3, -0.25) is 4.79 Å². The number of carbonyl (C=O) groups is 1. The van der Waals surface area contributed by atoms with E-state index in [1.165, 1.54) is 0 Å². The fourth-order valence-corrected chi connectivity index (χ4v) is 2.92. The predicted octanol–water partition coefficient (Wildman–Crippen LogP) is 2.62. The molecule has 0 saturated carbocycles. The number of hydrogen-bond acceptors (Lipinski definition) is 6. The van der Waals surface area contributed by atoms with E-state index in [4.69, 9.17) is 9.47 Å². The number of benzene rings is 1. The molecule has 0 fully saturated rings. The van der Waals surface area contributed by atoms with Gasteiger partial charge in [0.1, 0.15) is 16.7 Å². The van der Waals surface area contributed by atoms with Crippen LogP contribution in [0.1, 0.15) is 40.4 Å². The normalized spacial score (nSPS) is 12.0. The molecule has 6 nitrogen and oxygen atoms in total. The summed E-state index contributed by atoms with van der Waals surface area (Å²) in [5, 5.41) is 6.91. The summed E-state index contributed by atoms with van der Waals surface area (Å²) in [6.45, 7) is 2.39. The summed E-state index contributed by atoms with van der Waals surface area (Å²) in [5.74, 6) is 0.570. The smallest absolute Gasteiger partial charge is 0.265 e. The van der Waals surface area contributed by atoms with E-state index in [0.29, 0.717) is 11.4 Å². The van der Waals surface area contributed by atoms with Gasteiger partial charge in [-0.25, -0.2) is 0 Å². The first kappa shape index (κ1) is 17.4. The predicted molar refractivity (Wildman–Crippen MR) is 89.0 cm³/mol. The summed E-state index contributed by atoms with van der Waals surface area (Å²) in [6.07, 6.45) is 1.39. The van der Waals surface area contributed by atoms with Crippen LogP contribution in [0.3, 0.4) is 0 Å². The van der Waals surface area contributed by atoms with Crippen LogP contribution in [0.4, 0.5) is 0 Å². The second-order valence-corrected chi connectivity index (χ2v) is 5.73. The van der Waals surface area contributed by atoms with Crippen molar-refractivity contribution in [3.8, 4) is 5.75 Å². The molecular weight excluding hydrogens is 314 g/mol. The van der Waals surface area contributed by atoms with Gasteiger partial charge in [-0.15, -0.1) is 5.10 Å². The van der Waals surface area contributed by atoms with Crippen LogP contribution in [-0.4, -0.2) is 36.3 Å². The van der Waals surface area contributed by atoms with Crippen LogP contribution in [0.15, 0.2) is 24.3 Å². The van der Waals surface area contributed by atoms with Gasteiger partial charge in [0.25, 0.3) is 5.91 Å². The summed E-state index contributed by atoms with van der Waals surface area (Å²) >= 11 is 1.12. The van der Waals surface area contributed by atoms with Crippen molar-refractivity contribution < 1.29 is 14.3 Å². The van der Waals surface area contributed by atoms with E-state index >= 15 is 0 Å². The Balaban J connectivity index is 2.05. The van der Waals surface area contributed by atoms with Crippen LogP contribution < -0.4 is 10.1 Å². The SMILES string of the molecule is CCCc1nnsc1C(=O)NCC(OC)c1ccccc1OC. The van der Waals surface area contributed by atoms with Gasteiger partial charge in [-0.05, 0) is 24.0 Å². The summed E-state index contributed by atoms with van der Waals surface area (Å²) in [7, 11) is 3.23. The molecule has 1 amide bonds. The molecule has 23 heavy (non-hydrogen) atoms. The van der Waals surface area contributed by atoms with Crippen molar-refractivity contribution >= 4 is 17.4 Å². The molecule has 7 heteroatoms. The monoisotopic (exact) mass is 335 g/mol. The lowest BCUT2D eigenvalue weighted by Gasteiger charge is -2.18. The Labute approximate surface area is 140 Å². The molecule has 0 spiro atoms. The van der Waals surface area contributed by atoms with Crippen LogP contribution >= 0.6 is 11.5 Å². The van der Waals surface area contributed by atoms with Gasteiger partial charge in [0.2, 0.25) is 0 Å². The minimum atomic E-state index is -0.286. The average molecular weight is 335 g/mol. The van der Waals surface area contributed by atoms with Crippen molar-refractivity contribution in [3.63, 3.8) is 0 Å². The fraction of sp³-hybridized carbons (Fsp3) is 0.438. The number of nitrogens with one attached hydrogen (secondary N) is 1. The number of methoxy groups -OCH3 is 2. The van der Waals surface area contributed by atoms with Gasteiger partial charge in [0, 0.05) is 19.2 Å². The van der Waals surface area contributed by atoms with E-state index in [2.05, 4.69) is 14.9 Å². The third kappa shape index (κ3) is 4.27. The van der Waals surface area contributed by atoms with Crippen molar-refractivity contribution in [2.24, 2.45) is 0 Å². The average Bonchev–Trinajstić information content (AvgIpc) is 3.04. The number of carbonyl (C=O) groups excluding carboxylic acids is 1. The summed E-state index contributed by atoms with van der Waals surface area (Å²) in [6, 6.07) is 7.61. The number of para-hydroxylation sites is 1. The first-order valence-corrected chi connectivity index (χ1v) is 8.23. The molecule has 1 aromatic heterocycles. The molecule has 1 atom stereocenters. The molecule has 0 aliphatic rings. The third-order valence-corrected chi connectivity index (χ3v) is 4.23. The van der Waals surface area contributed by atoms with E-state index in [0.717, 1.165) is 41.4 Å².